The van der Waals surface area contributed by atoms with Gasteiger partial charge in [0.2, 0.25) is 0 Å². The summed E-state index contributed by atoms with van der Waals surface area (Å²) in [5, 5.41) is 14.6. The van der Waals surface area contributed by atoms with Crippen molar-refractivity contribution in [3.05, 3.63) is 64.5 Å². The number of hydrogen-bond acceptors (Lipinski definition) is 5. The molecule has 0 spiro atoms. The highest BCUT2D eigenvalue weighted by molar-refractivity contribution is 5.84. The third-order valence-corrected chi connectivity index (χ3v) is 2.87. The molecule has 0 aliphatic carbocycles. The summed E-state index contributed by atoms with van der Waals surface area (Å²) in [4.78, 5) is 17.6. The van der Waals surface area contributed by atoms with Gasteiger partial charge in [0.25, 0.3) is 5.69 Å². The third-order valence-electron chi connectivity index (χ3n) is 2.87. The van der Waals surface area contributed by atoms with E-state index < -0.39 is 4.92 Å². The van der Waals surface area contributed by atoms with Gasteiger partial charge in [0, 0.05) is 12.1 Å². The van der Waals surface area contributed by atoms with Gasteiger partial charge in [-0.15, -0.1) is 0 Å². The average Bonchev–Trinajstić information content (AvgIpc) is 2.90. The molecule has 1 aromatic heterocycles. The molecule has 3 aromatic rings. The summed E-state index contributed by atoms with van der Waals surface area (Å²) >= 11 is 0. The van der Waals surface area contributed by atoms with Crippen LogP contribution in [0.3, 0.4) is 0 Å². The molecule has 0 unspecified atom stereocenters. The minimum atomic E-state index is -0.443. The third kappa shape index (κ3) is 2.86. The molecule has 21 heavy (non-hydrogen) atoms. The Morgan fingerprint density at radius 1 is 1.19 bits per heavy atom. The molecular weight excluding hydrogens is 270 g/mol. The zero-order chi connectivity index (χ0) is 14.7. The maximum absolute atomic E-state index is 10.5. The molecule has 1 heterocycles. The number of aromatic amines is 1. The standard InChI is InChI=1S/C14H11N5O2/c20-19(21)11-7-5-10(6-8-11)18-15-9-14-16-12-3-1-2-4-13(12)17-14/h1-9,18H,(H,16,17)/b15-9+. The Labute approximate surface area is 119 Å². The summed E-state index contributed by atoms with van der Waals surface area (Å²) in [6.45, 7) is 0. The number of hydrazone groups is 1. The van der Waals surface area contributed by atoms with E-state index in [2.05, 4.69) is 20.5 Å². The molecule has 104 valence electrons. The average molecular weight is 281 g/mol. The van der Waals surface area contributed by atoms with Gasteiger partial charge in [0.05, 0.1) is 27.9 Å². The number of anilines is 1. The summed E-state index contributed by atoms with van der Waals surface area (Å²) in [5.74, 6) is 0.630. The number of benzene rings is 2. The van der Waals surface area contributed by atoms with Crippen LogP contribution in [0.2, 0.25) is 0 Å². The summed E-state index contributed by atoms with van der Waals surface area (Å²) in [7, 11) is 0. The van der Waals surface area contributed by atoms with Crippen LogP contribution < -0.4 is 5.43 Å². The van der Waals surface area contributed by atoms with E-state index in [9.17, 15) is 10.1 Å². The number of imidazole rings is 1. The fraction of sp³-hybridized carbons (Fsp3) is 0. The molecular formula is C14H11N5O2. The number of nitrogens with zero attached hydrogens (tertiary/aromatic N) is 3. The monoisotopic (exact) mass is 281 g/mol. The van der Waals surface area contributed by atoms with Crippen LogP contribution >= 0.6 is 0 Å². The lowest BCUT2D eigenvalue weighted by atomic mass is 10.3. The second-order valence-corrected chi connectivity index (χ2v) is 4.31. The van der Waals surface area contributed by atoms with Crippen molar-refractivity contribution in [2.75, 3.05) is 5.43 Å². The van der Waals surface area contributed by atoms with E-state index in [1.807, 2.05) is 24.3 Å². The van der Waals surface area contributed by atoms with Gasteiger partial charge in [-0.1, -0.05) is 12.1 Å². The van der Waals surface area contributed by atoms with Crippen molar-refractivity contribution in [1.29, 1.82) is 0 Å². The van der Waals surface area contributed by atoms with Crippen molar-refractivity contribution in [3.63, 3.8) is 0 Å². The number of fused-ring (bicyclic) bond motifs is 1. The molecule has 0 saturated heterocycles. The Kier molecular flexibility index (Phi) is 3.30. The van der Waals surface area contributed by atoms with Crippen LogP contribution in [0.1, 0.15) is 5.82 Å². The van der Waals surface area contributed by atoms with Crippen LogP contribution in [0.4, 0.5) is 11.4 Å². The fourth-order valence-corrected chi connectivity index (χ4v) is 1.86. The SMILES string of the molecule is O=[N+]([O-])c1ccc(N/N=C/c2nc3ccccc3[nH]2)cc1. The summed E-state index contributed by atoms with van der Waals surface area (Å²) in [6.07, 6.45) is 1.56. The number of nitro benzene ring substituents is 1. The van der Waals surface area contributed by atoms with Gasteiger partial charge >= 0.3 is 0 Å². The van der Waals surface area contributed by atoms with Crippen molar-refractivity contribution in [3.8, 4) is 0 Å². The van der Waals surface area contributed by atoms with Crippen molar-refractivity contribution in [2.24, 2.45) is 5.10 Å². The first kappa shape index (κ1) is 12.8. The van der Waals surface area contributed by atoms with Crippen LogP contribution in [0.25, 0.3) is 11.0 Å². The molecule has 3 rings (SSSR count). The normalized spacial score (nSPS) is 11.0. The minimum Gasteiger partial charge on any atom is -0.337 e. The van der Waals surface area contributed by atoms with E-state index in [0.717, 1.165) is 11.0 Å². The Hall–Kier alpha value is -3.22. The predicted molar refractivity (Wildman–Crippen MR) is 80.4 cm³/mol. The van der Waals surface area contributed by atoms with Gasteiger partial charge in [0.1, 0.15) is 0 Å². The zero-order valence-electron chi connectivity index (χ0n) is 10.9. The van der Waals surface area contributed by atoms with Gasteiger partial charge < -0.3 is 4.98 Å². The van der Waals surface area contributed by atoms with Crippen LogP contribution in [0.15, 0.2) is 53.6 Å². The smallest absolute Gasteiger partial charge is 0.269 e. The lowest BCUT2D eigenvalue weighted by molar-refractivity contribution is -0.384. The molecule has 7 heteroatoms. The minimum absolute atomic E-state index is 0.0433. The van der Waals surface area contributed by atoms with E-state index in [-0.39, 0.29) is 5.69 Å². The van der Waals surface area contributed by atoms with Crippen molar-refractivity contribution in [1.82, 2.24) is 9.97 Å². The van der Waals surface area contributed by atoms with Crippen molar-refractivity contribution >= 4 is 28.6 Å². The molecule has 0 aliphatic heterocycles. The first-order chi connectivity index (χ1) is 10.2. The topological polar surface area (TPSA) is 96.2 Å². The van der Waals surface area contributed by atoms with Crippen LogP contribution in [-0.4, -0.2) is 21.1 Å². The largest absolute Gasteiger partial charge is 0.337 e. The van der Waals surface area contributed by atoms with Gasteiger partial charge in [-0.3, -0.25) is 15.5 Å². The highest BCUT2D eigenvalue weighted by atomic mass is 16.6. The van der Waals surface area contributed by atoms with Crippen molar-refractivity contribution in [2.45, 2.75) is 0 Å². The number of rotatable bonds is 4. The summed E-state index contributed by atoms with van der Waals surface area (Å²) < 4.78 is 0. The van der Waals surface area contributed by atoms with Gasteiger partial charge in [-0.2, -0.15) is 5.10 Å². The first-order valence-corrected chi connectivity index (χ1v) is 6.21. The fourth-order valence-electron chi connectivity index (χ4n) is 1.86. The number of para-hydroxylation sites is 2. The predicted octanol–water partition coefficient (Wildman–Crippen LogP) is 2.92. The lowest BCUT2D eigenvalue weighted by Gasteiger charge is -1.98. The van der Waals surface area contributed by atoms with Gasteiger partial charge in [0.15, 0.2) is 5.82 Å². The number of aromatic nitrogens is 2. The number of non-ortho nitro benzene ring substituents is 1. The maximum atomic E-state index is 10.5. The van der Waals surface area contributed by atoms with Gasteiger partial charge in [-0.05, 0) is 24.3 Å². The Balaban J connectivity index is 1.70. The number of H-pyrrole nitrogens is 1. The second kappa shape index (κ2) is 5.41. The number of hydrogen-bond donors (Lipinski definition) is 2. The molecule has 2 aromatic carbocycles. The Morgan fingerprint density at radius 3 is 2.67 bits per heavy atom. The van der Waals surface area contributed by atoms with E-state index in [4.69, 9.17) is 0 Å². The number of nitrogens with one attached hydrogen (secondary N) is 2. The summed E-state index contributed by atoms with van der Waals surface area (Å²) in [5.41, 5.74) is 5.30. The molecule has 0 atom stereocenters. The maximum Gasteiger partial charge on any atom is 0.269 e. The zero-order valence-corrected chi connectivity index (χ0v) is 10.9. The van der Waals surface area contributed by atoms with Crippen LogP contribution in [0.5, 0.6) is 0 Å². The summed E-state index contributed by atoms with van der Waals surface area (Å²) in [6, 6.07) is 13.7. The van der Waals surface area contributed by atoms with Gasteiger partial charge in [-0.25, -0.2) is 4.98 Å². The van der Waals surface area contributed by atoms with E-state index in [0.29, 0.717) is 11.5 Å². The molecule has 0 fully saturated rings. The molecule has 0 saturated carbocycles. The van der Waals surface area contributed by atoms with Crippen LogP contribution in [-0.2, 0) is 0 Å². The van der Waals surface area contributed by atoms with E-state index in [1.54, 1.807) is 18.3 Å². The molecule has 0 bridgehead atoms. The molecule has 0 aliphatic rings. The van der Waals surface area contributed by atoms with Crippen molar-refractivity contribution < 1.29 is 4.92 Å². The molecule has 0 amide bonds. The van der Waals surface area contributed by atoms with E-state index >= 15 is 0 Å². The lowest BCUT2D eigenvalue weighted by Crippen LogP contribution is -1.93. The Bertz CT molecular complexity index is 775. The number of nitro groups is 1. The highest BCUT2D eigenvalue weighted by Gasteiger charge is 2.03. The molecule has 7 nitrogen and oxygen atoms in total. The molecule has 0 radical (unpaired) electrons. The first-order valence-electron chi connectivity index (χ1n) is 6.21. The molecule has 2 N–H and O–H groups in total. The van der Waals surface area contributed by atoms with Crippen LogP contribution in [0, 0.1) is 10.1 Å². The Morgan fingerprint density at radius 2 is 1.95 bits per heavy atom. The highest BCUT2D eigenvalue weighted by Crippen LogP contribution is 2.15. The second-order valence-electron chi connectivity index (χ2n) is 4.31. The quantitative estimate of drug-likeness (QED) is 0.436. The van der Waals surface area contributed by atoms with E-state index in [1.165, 1.54) is 12.1 Å².